The molecule has 3 aromatic heterocycles. The molecule has 4 heterocycles. The van der Waals surface area contributed by atoms with E-state index in [0.717, 1.165) is 50.0 Å². The van der Waals surface area contributed by atoms with Gasteiger partial charge in [-0.05, 0) is 12.1 Å². The van der Waals surface area contributed by atoms with E-state index >= 15 is 0 Å². The second-order valence-electron chi connectivity index (χ2n) is 6.01. The van der Waals surface area contributed by atoms with Crippen LogP contribution < -0.4 is 9.64 Å². The summed E-state index contributed by atoms with van der Waals surface area (Å²) in [5.41, 5.74) is 1.97. The van der Waals surface area contributed by atoms with Crippen molar-refractivity contribution in [3.63, 3.8) is 0 Å². The summed E-state index contributed by atoms with van der Waals surface area (Å²) >= 11 is 6.03. The van der Waals surface area contributed by atoms with Crippen LogP contribution in [0.3, 0.4) is 0 Å². The van der Waals surface area contributed by atoms with Gasteiger partial charge >= 0.3 is 0 Å². The number of fused-ring (bicyclic) bond motifs is 1. The third kappa shape index (κ3) is 3.52. The summed E-state index contributed by atoms with van der Waals surface area (Å²) in [5.74, 6) is 1.32. The largest absolute Gasteiger partial charge is 0.481 e. The van der Waals surface area contributed by atoms with Crippen molar-refractivity contribution in [3.05, 3.63) is 47.5 Å². The normalized spacial score (nSPS) is 15.7. The Morgan fingerprint density at radius 2 is 1.92 bits per heavy atom. The molecule has 0 aromatic carbocycles. The van der Waals surface area contributed by atoms with E-state index in [2.05, 4.69) is 24.8 Å². The molecular formula is C17H19ClN6O. The summed E-state index contributed by atoms with van der Waals surface area (Å²) in [4.78, 5) is 18.0. The fourth-order valence-corrected chi connectivity index (χ4v) is 3.20. The predicted molar refractivity (Wildman–Crippen MR) is 96.3 cm³/mol. The molecule has 7 nitrogen and oxygen atoms in total. The highest BCUT2D eigenvalue weighted by atomic mass is 35.5. The number of rotatable bonds is 4. The number of aromatic nitrogens is 4. The molecule has 0 atom stereocenters. The molecule has 0 N–H and O–H groups in total. The van der Waals surface area contributed by atoms with Crippen LogP contribution in [-0.2, 0) is 6.54 Å². The monoisotopic (exact) mass is 358 g/mol. The van der Waals surface area contributed by atoms with E-state index in [-0.39, 0.29) is 0 Å². The molecule has 0 saturated carbocycles. The van der Waals surface area contributed by atoms with Crippen molar-refractivity contribution in [1.82, 2.24) is 24.3 Å². The Morgan fingerprint density at radius 3 is 2.72 bits per heavy atom. The van der Waals surface area contributed by atoms with Crippen molar-refractivity contribution in [1.29, 1.82) is 0 Å². The number of halogens is 1. The summed E-state index contributed by atoms with van der Waals surface area (Å²) in [7, 11) is 1.62. The van der Waals surface area contributed by atoms with Gasteiger partial charge in [0, 0.05) is 57.4 Å². The molecule has 25 heavy (non-hydrogen) atoms. The van der Waals surface area contributed by atoms with Gasteiger partial charge in [0.25, 0.3) is 0 Å². The van der Waals surface area contributed by atoms with E-state index in [1.807, 2.05) is 28.9 Å². The fraction of sp³-hybridized carbons (Fsp3) is 0.353. The van der Waals surface area contributed by atoms with Gasteiger partial charge in [0.1, 0.15) is 5.65 Å². The second kappa shape index (κ2) is 6.85. The van der Waals surface area contributed by atoms with Crippen LogP contribution in [-0.4, -0.2) is 57.5 Å². The number of hydrogen-bond acceptors (Lipinski definition) is 6. The molecular weight excluding hydrogens is 340 g/mol. The topological polar surface area (TPSA) is 58.8 Å². The summed E-state index contributed by atoms with van der Waals surface area (Å²) in [5, 5.41) is 0.711. The number of methoxy groups -OCH3 is 1. The third-order valence-corrected chi connectivity index (χ3v) is 4.56. The van der Waals surface area contributed by atoms with Crippen LogP contribution in [0.4, 0.5) is 5.95 Å². The average Bonchev–Trinajstić information content (AvgIpc) is 3.03. The van der Waals surface area contributed by atoms with Gasteiger partial charge in [0.05, 0.1) is 17.8 Å². The Bertz CT molecular complexity index is 874. The first-order chi connectivity index (χ1) is 12.2. The molecule has 0 bridgehead atoms. The van der Waals surface area contributed by atoms with Crippen LogP contribution in [0.15, 0.2) is 36.8 Å². The Balaban J connectivity index is 1.39. The summed E-state index contributed by atoms with van der Waals surface area (Å²) in [6.45, 7) is 4.47. The lowest BCUT2D eigenvalue weighted by molar-refractivity contribution is 0.246. The van der Waals surface area contributed by atoms with Gasteiger partial charge in [0.15, 0.2) is 0 Å². The zero-order chi connectivity index (χ0) is 17.2. The molecule has 8 heteroatoms. The summed E-state index contributed by atoms with van der Waals surface area (Å²) < 4.78 is 7.15. The van der Waals surface area contributed by atoms with Crippen molar-refractivity contribution >= 4 is 23.2 Å². The van der Waals surface area contributed by atoms with Gasteiger partial charge in [-0.2, -0.15) is 4.98 Å². The van der Waals surface area contributed by atoms with E-state index in [4.69, 9.17) is 16.3 Å². The van der Waals surface area contributed by atoms with Gasteiger partial charge in [-0.1, -0.05) is 11.6 Å². The average molecular weight is 359 g/mol. The molecule has 0 aliphatic carbocycles. The van der Waals surface area contributed by atoms with Crippen molar-refractivity contribution < 1.29 is 4.74 Å². The SMILES string of the molecule is COc1ccnc(N2CCN(Cc3cn4cc(Cl)ccc4n3)CC2)n1. The highest BCUT2D eigenvalue weighted by molar-refractivity contribution is 6.30. The quantitative estimate of drug-likeness (QED) is 0.712. The van der Waals surface area contributed by atoms with Gasteiger partial charge in [-0.25, -0.2) is 9.97 Å². The van der Waals surface area contributed by atoms with Crippen LogP contribution >= 0.6 is 11.6 Å². The van der Waals surface area contributed by atoms with Gasteiger partial charge in [-0.15, -0.1) is 0 Å². The zero-order valence-electron chi connectivity index (χ0n) is 14.0. The lowest BCUT2D eigenvalue weighted by Crippen LogP contribution is -2.46. The molecule has 130 valence electrons. The zero-order valence-corrected chi connectivity index (χ0v) is 14.7. The third-order valence-electron chi connectivity index (χ3n) is 4.33. The van der Waals surface area contributed by atoms with Crippen molar-refractivity contribution in [2.45, 2.75) is 6.54 Å². The Hall–Kier alpha value is -2.38. The minimum atomic E-state index is 0.593. The molecule has 0 amide bonds. The second-order valence-corrected chi connectivity index (χ2v) is 6.44. The van der Waals surface area contributed by atoms with Crippen LogP contribution in [0.5, 0.6) is 5.88 Å². The van der Waals surface area contributed by atoms with E-state index in [1.54, 1.807) is 19.4 Å². The van der Waals surface area contributed by atoms with Crippen LogP contribution in [0.25, 0.3) is 5.65 Å². The van der Waals surface area contributed by atoms with E-state index in [1.165, 1.54) is 0 Å². The minimum absolute atomic E-state index is 0.593. The maximum atomic E-state index is 6.03. The number of hydrogen-bond donors (Lipinski definition) is 0. The summed E-state index contributed by atoms with van der Waals surface area (Å²) in [6.07, 6.45) is 5.65. The Labute approximate surface area is 150 Å². The van der Waals surface area contributed by atoms with Crippen LogP contribution in [0.2, 0.25) is 5.02 Å². The maximum absolute atomic E-state index is 6.03. The molecule has 0 spiro atoms. The van der Waals surface area contributed by atoms with E-state index < -0.39 is 0 Å². The first kappa shape index (κ1) is 16.1. The lowest BCUT2D eigenvalue weighted by atomic mass is 10.3. The lowest BCUT2D eigenvalue weighted by Gasteiger charge is -2.34. The molecule has 1 fully saturated rings. The molecule has 3 aromatic rings. The number of imidazole rings is 1. The van der Waals surface area contributed by atoms with E-state index in [0.29, 0.717) is 10.9 Å². The first-order valence-electron chi connectivity index (χ1n) is 8.19. The molecule has 0 unspecified atom stereocenters. The smallest absolute Gasteiger partial charge is 0.228 e. The summed E-state index contributed by atoms with van der Waals surface area (Å²) in [6, 6.07) is 5.56. The molecule has 0 radical (unpaired) electrons. The van der Waals surface area contributed by atoms with Crippen molar-refractivity contribution in [2.75, 3.05) is 38.2 Å². The highest BCUT2D eigenvalue weighted by Gasteiger charge is 2.20. The first-order valence-corrected chi connectivity index (χ1v) is 8.56. The fourth-order valence-electron chi connectivity index (χ4n) is 3.03. The highest BCUT2D eigenvalue weighted by Crippen LogP contribution is 2.17. The molecule has 1 saturated heterocycles. The van der Waals surface area contributed by atoms with Crippen molar-refractivity contribution in [2.24, 2.45) is 0 Å². The Kier molecular flexibility index (Phi) is 4.42. The van der Waals surface area contributed by atoms with Crippen LogP contribution in [0, 0.1) is 0 Å². The maximum Gasteiger partial charge on any atom is 0.228 e. The Morgan fingerprint density at radius 1 is 1.08 bits per heavy atom. The van der Waals surface area contributed by atoms with Gasteiger partial charge < -0.3 is 14.0 Å². The number of nitrogens with zero attached hydrogens (tertiary/aromatic N) is 6. The number of piperazine rings is 1. The van der Waals surface area contributed by atoms with Crippen LogP contribution in [0.1, 0.15) is 5.69 Å². The minimum Gasteiger partial charge on any atom is -0.481 e. The van der Waals surface area contributed by atoms with Gasteiger partial charge in [0.2, 0.25) is 11.8 Å². The van der Waals surface area contributed by atoms with Crippen molar-refractivity contribution in [3.8, 4) is 5.88 Å². The van der Waals surface area contributed by atoms with E-state index in [9.17, 15) is 0 Å². The molecule has 1 aliphatic rings. The standard InChI is InChI=1S/C17H19ClN6O/c1-25-16-4-5-19-17(21-16)23-8-6-22(7-9-23)11-14-12-24-10-13(18)2-3-15(24)20-14/h2-5,10,12H,6-9,11H2,1H3. The molecule has 4 rings (SSSR count). The number of pyridine rings is 1. The molecule has 1 aliphatic heterocycles. The number of anilines is 1. The predicted octanol–water partition coefficient (Wildman–Crippen LogP) is 2.11. The number of ether oxygens (including phenoxy) is 1. The van der Waals surface area contributed by atoms with Gasteiger partial charge in [-0.3, -0.25) is 4.90 Å².